The quantitative estimate of drug-likeness (QED) is 0.132. The van der Waals surface area contributed by atoms with Crippen molar-refractivity contribution in [2.75, 3.05) is 35.5 Å². The Morgan fingerprint density at radius 1 is 0.492 bits per heavy atom. The predicted molar refractivity (Wildman–Crippen MR) is 225 cm³/mol. The molecule has 5 heterocycles. The Balaban J connectivity index is 0.000000198. The average Bonchev–Trinajstić information content (AvgIpc) is 3.23. The molecular weight excluding hydrogens is 830 g/mol. The summed E-state index contributed by atoms with van der Waals surface area (Å²) in [6, 6.07) is 26.0. The van der Waals surface area contributed by atoms with Crippen molar-refractivity contribution >= 4 is 56.5 Å². The highest BCUT2D eigenvalue weighted by atomic mass is 35.5. The van der Waals surface area contributed by atoms with Gasteiger partial charge < -0.3 is 23.7 Å². The summed E-state index contributed by atoms with van der Waals surface area (Å²) in [7, 11) is 7.85. The fourth-order valence-electron chi connectivity index (χ4n) is 4.83. The molecule has 0 aliphatic rings. The maximum absolute atomic E-state index is 12.8. The highest BCUT2D eigenvalue weighted by Gasteiger charge is 2.05. The number of hydrogen-bond donors (Lipinski definition) is 0. The lowest BCUT2D eigenvalue weighted by Gasteiger charge is -2.03. The lowest BCUT2D eigenvalue weighted by Crippen LogP contribution is -1.97. The zero-order valence-corrected chi connectivity index (χ0v) is 35.2. The molecule has 0 fully saturated rings. The number of halogens is 6. The Hall–Kier alpha value is -4.83. The molecule has 0 unspecified atom stereocenters. The number of methoxy groups -OCH3 is 5. The first-order valence-electron chi connectivity index (χ1n) is 17.5. The monoisotopic (exact) mass is 871 g/mol. The molecule has 0 spiro atoms. The Labute approximate surface area is 356 Å². The molecule has 0 radical (unpaired) electrons. The van der Waals surface area contributed by atoms with Crippen LogP contribution in [0.4, 0.5) is 13.2 Å². The highest BCUT2D eigenvalue weighted by Crippen LogP contribution is 2.19. The standard InChI is InChI=1S/2C11H11NO.C7H7Cl2NO.C7H7ClFNO.C7H7F2NO/c1-13-8-10-7-6-9-4-2-3-5-11(9)12-10;1-13-8-11-10-5-3-2-4-9(10)6-7-12-11;3*1-11-4-7-6(9)2-5(8)3-10-7/h2*2-7H,8H2,1H3;3*2-3H,4H2,1H3. The summed E-state index contributed by atoms with van der Waals surface area (Å²) in [5.41, 5.74) is 4.10. The normalized spacial score (nSPS) is 10.3. The van der Waals surface area contributed by atoms with Crippen molar-refractivity contribution < 1.29 is 36.9 Å². The molecule has 7 rings (SSSR count). The molecule has 0 amide bonds. The number of benzene rings is 2. The van der Waals surface area contributed by atoms with Crippen LogP contribution in [-0.2, 0) is 56.7 Å². The van der Waals surface area contributed by atoms with Crippen molar-refractivity contribution in [3.8, 4) is 0 Å². The van der Waals surface area contributed by atoms with Gasteiger partial charge in [-0.25, -0.2) is 13.2 Å². The van der Waals surface area contributed by atoms with E-state index in [1.165, 1.54) is 42.6 Å². The number of nitrogens with zero attached hydrogens (tertiary/aromatic N) is 5. The Kier molecular flexibility index (Phi) is 22.2. The van der Waals surface area contributed by atoms with Crippen LogP contribution in [0.15, 0.2) is 110 Å². The summed E-state index contributed by atoms with van der Waals surface area (Å²) in [6.45, 7) is 1.79. The van der Waals surface area contributed by atoms with Gasteiger partial charge in [-0.15, -0.1) is 0 Å². The van der Waals surface area contributed by atoms with Crippen LogP contribution in [0, 0.1) is 17.5 Å². The van der Waals surface area contributed by atoms with E-state index in [4.69, 9.17) is 53.8 Å². The minimum absolute atomic E-state index is 0.0616. The van der Waals surface area contributed by atoms with Crippen molar-refractivity contribution in [2.45, 2.75) is 33.0 Å². The number of ether oxygens (including phenoxy) is 5. The number of rotatable bonds is 10. The van der Waals surface area contributed by atoms with E-state index in [1.807, 2.05) is 48.7 Å². The van der Waals surface area contributed by atoms with E-state index < -0.39 is 17.5 Å². The Morgan fingerprint density at radius 3 is 1.63 bits per heavy atom. The van der Waals surface area contributed by atoms with E-state index in [2.05, 4.69) is 53.9 Å². The van der Waals surface area contributed by atoms with Gasteiger partial charge in [-0.1, -0.05) is 83.3 Å². The van der Waals surface area contributed by atoms with Gasteiger partial charge in [0.25, 0.3) is 0 Å². The van der Waals surface area contributed by atoms with Crippen molar-refractivity contribution in [1.29, 1.82) is 0 Å². The third-order valence-electron chi connectivity index (χ3n) is 7.48. The third-order valence-corrected chi connectivity index (χ3v) is 8.22. The van der Waals surface area contributed by atoms with Crippen LogP contribution < -0.4 is 0 Å². The summed E-state index contributed by atoms with van der Waals surface area (Å²) >= 11 is 16.9. The predicted octanol–water partition coefficient (Wildman–Crippen LogP) is 10.8. The van der Waals surface area contributed by atoms with Gasteiger partial charge in [-0.2, -0.15) is 0 Å². The van der Waals surface area contributed by atoms with Gasteiger partial charge in [0.05, 0.1) is 76.9 Å². The molecule has 0 N–H and O–H groups in total. The third kappa shape index (κ3) is 17.1. The van der Waals surface area contributed by atoms with Crippen LogP contribution in [0.5, 0.6) is 0 Å². The smallest absolute Gasteiger partial charge is 0.150 e. The first kappa shape index (κ1) is 48.5. The zero-order chi connectivity index (χ0) is 43.0. The zero-order valence-electron chi connectivity index (χ0n) is 33.0. The summed E-state index contributed by atoms with van der Waals surface area (Å²) in [6.07, 6.45) is 5.70. The van der Waals surface area contributed by atoms with E-state index in [9.17, 15) is 13.2 Å². The van der Waals surface area contributed by atoms with Crippen molar-refractivity contribution in [2.24, 2.45) is 0 Å². The molecule has 0 saturated heterocycles. The number of hydrogen-bond acceptors (Lipinski definition) is 10. The van der Waals surface area contributed by atoms with E-state index in [-0.39, 0.29) is 24.6 Å². The molecule has 7 aromatic rings. The van der Waals surface area contributed by atoms with Crippen LogP contribution in [0.25, 0.3) is 21.7 Å². The molecule has 312 valence electrons. The fourth-order valence-corrected chi connectivity index (χ4v) is 5.41. The number of pyridine rings is 5. The number of para-hydroxylation sites is 1. The summed E-state index contributed by atoms with van der Waals surface area (Å²) in [5, 5.41) is 4.93. The van der Waals surface area contributed by atoms with E-state index in [0.717, 1.165) is 29.2 Å². The second kappa shape index (κ2) is 27.0. The SMILES string of the molecule is COCc1ccc2ccccc2n1.COCc1ncc(Cl)cc1Cl.COCc1ncc(Cl)cc1F.COCc1ncc(F)cc1F.COCc1nccc2ccccc12. The second-order valence-electron chi connectivity index (χ2n) is 11.9. The van der Waals surface area contributed by atoms with Crippen molar-refractivity contribution in [3.63, 3.8) is 0 Å². The molecule has 0 aliphatic carbocycles. The van der Waals surface area contributed by atoms with Crippen LogP contribution in [0.1, 0.15) is 28.5 Å². The molecule has 0 atom stereocenters. The molecule has 0 bridgehead atoms. The largest absolute Gasteiger partial charge is 0.378 e. The molecule has 0 aliphatic heterocycles. The van der Waals surface area contributed by atoms with E-state index >= 15 is 0 Å². The van der Waals surface area contributed by atoms with Crippen LogP contribution in [0.2, 0.25) is 15.1 Å². The Bertz CT molecular complexity index is 2190. The van der Waals surface area contributed by atoms with Gasteiger partial charge in [0, 0.05) is 71.0 Å². The maximum atomic E-state index is 12.8. The number of aromatic nitrogens is 5. The first-order chi connectivity index (χ1) is 28.5. The molecule has 2 aromatic carbocycles. The first-order valence-corrected chi connectivity index (χ1v) is 18.7. The maximum Gasteiger partial charge on any atom is 0.150 e. The molecule has 10 nitrogen and oxygen atoms in total. The van der Waals surface area contributed by atoms with Gasteiger partial charge in [0.15, 0.2) is 0 Å². The summed E-state index contributed by atoms with van der Waals surface area (Å²) < 4.78 is 62.0. The minimum Gasteiger partial charge on any atom is -0.378 e. The van der Waals surface area contributed by atoms with Crippen LogP contribution >= 0.6 is 34.8 Å². The van der Waals surface area contributed by atoms with Gasteiger partial charge in [-0.05, 0) is 35.7 Å². The van der Waals surface area contributed by atoms with E-state index in [0.29, 0.717) is 40.6 Å². The lowest BCUT2D eigenvalue weighted by atomic mass is 10.1. The van der Waals surface area contributed by atoms with Gasteiger partial charge in [-0.3, -0.25) is 24.9 Å². The van der Waals surface area contributed by atoms with Crippen LogP contribution in [-0.4, -0.2) is 60.5 Å². The Morgan fingerprint density at radius 2 is 1.02 bits per heavy atom. The fraction of sp³-hybridized carbons (Fsp3) is 0.233. The summed E-state index contributed by atoms with van der Waals surface area (Å²) in [4.78, 5) is 19.9. The van der Waals surface area contributed by atoms with E-state index in [1.54, 1.807) is 33.6 Å². The van der Waals surface area contributed by atoms with Crippen molar-refractivity contribution in [3.05, 3.63) is 171 Å². The second-order valence-corrected chi connectivity index (χ2v) is 13.2. The molecule has 16 heteroatoms. The van der Waals surface area contributed by atoms with Gasteiger partial charge in [0.2, 0.25) is 0 Å². The summed E-state index contributed by atoms with van der Waals surface area (Å²) in [5.74, 6) is -1.78. The lowest BCUT2D eigenvalue weighted by molar-refractivity contribution is 0.177. The highest BCUT2D eigenvalue weighted by molar-refractivity contribution is 6.34. The molecule has 0 saturated carbocycles. The number of fused-ring (bicyclic) bond motifs is 2. The molecule has 59 heavy (non-hydrogen) atoms. The van der Waals surface area contributed by atoms with Gasteiger partial charge >= 0.3 is 0 Å². The van der Waals surface area contributed by atoms with Gasteiger partial charge in [0.1, 0.15) is 28.8 Å². The average molecular weight is 873 g/mol. The molecular formula is C43H43Cl3F3N5O5. The molecule has 5 aromatic heterocycles. The van der Waals surface area contributed by atoms with Crippen molar-refractivity contribution in [1.82, 2.24) is 24.9 Å². The van der Waals surface area contributed by atoms with Crippen LogP contribution in [0.3, 0.4) is 0 Å². The minimum atomic E-state index is -0.678. The topological polar surface area (TPSA) is 111 Å².